The molecule has 1 aliphatic heterocycles. The Bertz CT molecular complexity index is 816. The van der Waals surface area contributed by atoms with Crippen LogP contribution in [0.1, 0.15) is 35.6 Å². The number of benzene rings is 1. The number of hydrogen-bond acceptors (Lipinski definition) is 4. The van der Waals surface area contributed by atoms with Gasteiger partial charge in [-0.3, -0.25) is 0 Å². The summed E-state index contributed by atoms with van der Waals surface area (Å²) in [5.41, 5.74) is 6.93. The monoisotopic (exact) mass is 363 g/mol. The average Bonchev–Trinajstić information content (AvgIpc) is 2.85. The lowest BCUT2D eigenvalue weighted by molar-refractivity contribution is -0.137. The van der Waals surface area contributed by atoms with Crippen molar-refractivity contribution in [1.82, 2.24) is 4.98 Å². The molecule has 2 atom stereocenters. The summed E-state index contributed by atoms with van der Waals surface area (Å²) in [6, 6.07) is 9.60. The molecule has 4 nitrogen and oxygen atoms in total. The molecule has 1 saturated heterocycles. The molecule has 138 valence electrons. The van der Waals surface area contributed by atoms with E-state index < -0.39 is 29.3 Å². The second-order valence-corrected chi connectivity index (χ2v) is 7.07. The minimum atomic E-state index is -4.44. The first kappa shape index (κ1) is 17.3. The van der Waals surface area contributed by atoms with Crippen LogP contribution in [-0.4, -0.2) is 29.3 Å². The molecular formula is C19H20F3N3O. The smallest absolute Gasteiger partial charge is 0.390 e. The van der Waals surface area contributed by atoms with Gasteiger partial charge in [-0.05, 0) is 36.1 Å². The number of aliphatic hydroxyl groups excluding tert-OH is 1. The highest BCUT2D eigenvalue weighted by atomic mass is 19.4. The van der Waals surface area contributed by atoms with Crippen LogP contribution in [0, 0.1) is 0 Å². The Labute approximate surface area is 149 Å². The second kappa shape index (κ2) is 5.96. The summed E-state index contributed by atoms with van der Waals surface area (Å²) in [6.07, 6.45) is -2.72. The number of pyridine rings is 1. The van der Waals surface area contributed by atoms with Gasteiger partial charge in [0.05, 0.1) is 17.7 Å². The summed E-state index contributed by atoms with van der Waals surface area (Å²) in [6.45, 7) is 0.774. The van der Waals surface area contributed by atoms with Gasteiger partial charge in [-0.1, -0.05) is 24.3 Å². The Balaban J connectivity index is 1.63. The van der Waals surface area contributed by atoms with E-state index >= 15 is 0 Å². The van der Waals surface area contributed by atoms with E-state index in [2.05, 4.69) is 4.98 Å². The molecule has 0 radical (unpaired) electrons. The Hall–Kier alpha value is -2.12. The standard InChI is InChI=1S/C19H20F3N3O/c20-19(21,22)14-6-3-9-24-17(14)25-10-7-18(8-11-25)13-5-2-1-4-12(13)15(23)16(18)26/h1-6,9,15-16,26H,7-8,10-11,23H2/t15-,16+/m1/s1. The summed E-state index contributed by atoms with van der Waals surface area (Å²) >= 11 is 0. The van der Waals surface area contributed by atoms with E-state index in [4.69, 9.17) is 5.73 Å². The number of nitrogens with zero attached hydrogens (tertiary/aromatic N) is 2. The van der Waals surface area contributed by atoms with Crippen molar-refractivity contribution in [3.63, 3.8) is 0 Å². The van der Waals surface area contributed by atoms with Crippen molar-refractivity contribution in [3.05, 3.63) is 59.3 Å². The fourth-order valence-electron chi connectivity index (χ4n) is 4.47. The average molecular weight is 363 g/mol. The van der Waals surface area contributed by atoms with E-state index in [-0.39, 0.29) is 5.82 Å². The zero-order valence-corrected chi connectivity index (χ0v) is 14.1. The van der Waals surface area contributed by atoms with Crippen molar-refractivity contribution in [2.45, 2.75) is 36.6 Å². The number of anilines is 1. The van der Waals surface area contributed by atoms with Gasteiger partial charge < -0.3 is 15.7 Å². The molecule has 1 spiro atoms. The van der Waals surface area contributed by atoms with Crippen molar-refractivity contribution >= 4 is 5.82 Å². The third-order valence-electron chi connectivity index (χ3n) is 5.81. The van der Waals surface area contributed by atoms with Crippen molar-refractivity contribution < 1.29 is 18.3 Å². The topological polar surface area (TPSA) is 62.4 Å². The predicted octanol–water partition coefficient (Wildman–Crippen LogP) is 3.01. The highest BCUT2D eigenvalue weighted by Crippen LogP contribution is 2.50. The summed E-state index contributed by atoms with van der Waals surface area (Å²) in [5, 5.41) is 10.8. The molecule has 1 aliphatic carbocycles. The van der Waals surface area contributed by atoms with Gasteiger partial charge in [0, 0.05) is 24.7 Å². The van der Waals surface area contributed by atoms with E-state index in [9.17, 15) is 18.3 Å². The molecule has 1 aromatic heterocycles. The SMILES string of the molecule is N[C@@H]1c2ccccc2C2(CCN(c3ncccc3C(F)(F)F)CC2)[C@H]1O. The molecule has 0 unspecified atom stereocenters. The van der Waals surface area contributed by atoms with Crippen LogP contribution in [0.3, 0.4) is 0 Å². The molecule has 26 heavy (non-hydrogen) atoms. The maximum atomic E-state index is 13.3. The fraction of sp³-hybridized carbons (Fsp3) is 0.421. The van der Waals surface area contributed by atoms with E-state index in [1.807, 2.05) is 24.3 Å². The molecule has 0 bridgehead atoms. The molecule has 0 saturated carbocycles. The van der Waals surface area contributed by atoms with Gasteiger partial charge in [0.15, 0.2) is 0 Å². The van der Waals surface area contributed by atoms with Crippen molar-refractivity contribution in [2.75, 3.05) is 18.0 Å². The van der Waals surface area contributed by atoms with Gasteiger partial charge in [-0.2, -0.15) is 13.2 Å². The Morgan fingerprint density at radius 2 is 1.81 bits per heavy atom. The van der Waals surface area contributed by atoms with E-state index in [0.717, 1.165) is 17.2 Å². The van der Waals surface area contributed by atoms with Crippen LogP contribution < -0.4 is 10.6 Å². The molecule has 3 N–H and O–H groups in total. The van der Waals surface area contributed by atoms with Crippen molar-refractivity contribution in [1.29, 1.82) is 0 Å². The largest absolute Gasteiger partial charge is 0.419 e. The van der Waals surface area contributed by atoms with Gasteiger partial charge in [0.1, 0.15) is 5.82 Å². The molecule has 4 rings (SSSR count). The summed E-state index contributed by atoms with van der Waals surface area (Å²) in [7, 11) is 0. The number of halogens is 3. The number of aromatic nitrogens is 1. The number of aliphatic hydroxyl groups is 1. The van der Waals surface area contributed by atoms with Crippen LogP contribution in [0.2, 0.25) is 0 Å². The maximum Gasteiger partial charge on any atom is 0.419 e. The number of alkyl halides is 3. The first-order valence-electron chi connectivity index (χ1n) is 8.65. The highest BCUT2D eigenvalue weighted by molar-refractivity contribution is 5.51. The number of rotatable bonds is 1. The third kappa shape index (κ3) is 2.49. The summed E-state index contributed by atoms with van der Waals surface area (Å²) in [4.78, 5) is 5.64. The van der Waals surface area contributed by atoms with Crippen LogP contribution in [-0.2, 0) is 11.6 Å². The lowest BCUT2D eigenvalue weighted by Gasteiger charge is -2.43. The minimum Gasteiger partial charge on any atom is -0.390 e. The molecule has 1 fully saturated rings. The molecule has 2 heterocycles. The summed E-state index contributed by atoms with van der Waals surface area (Å²) in [5.74, 6) is -0.0417. The highest BCUT2D eigenvalue weighted by Gasteiger charge is 2.51. The molecule has 2 aliphatic rings. The van der Waals surface area contributed by atoms with Crippen LogP contribution in [0.4, 0.5) is 19.0 Å². The Morgan fingerprint density at radius 3 is 2.50 bits per heavy atom. The zero-order chi connectivity index (χ0) is 18.5. The van der Waals surface area contributed by atoms with Gasteiger partial charge in [0.2, 0.25) is 0 Å². The number of piperidine rings is 1. The first-order chi connectivity index (χ1) is 12.3. The Morgan fingerprint density at radius 1 is 1.12 bits per heavy atom. The predicted molar refractivity (Wildman–Crippen MR) is 91.7 cm³/mol. The second-order valence-electron chi connectivity index (χ2n) is 7.07. The minimum absolute atomic E-state index is 0.0417. The fourth-order valence-corrected chi connectivity index (χ4v) is 4.47. The lowest BCUT2D eigenvalue weighted by atomic mass is 9.72. The first-order valence-corrected chi connectivity index (χ1v) is 8.65. The van der Waals surface area contributed by atoms with Gasteiger partial charge in [-0.25, -0.2) is 4.98 Å². The van der Waals surface area contributed by atoms with E-state index in [1.54, 1.807) is 4.90 Å². The van der Waals surface area contributed by atoms with E-state index in [0.29, 0.717) is 25.9 Å². The quantitative estimate of drug-likeness (QED) is 0.818. The maximum absolute atomic E-state index is 13.3. The van der Waals surface area contributed by atoms with E-state index in [1.165, 1.54) is 12.3 Å². The summed E-state index contributed by atoms with van der Waals surface area (Å²) < 4.78 is 39.9. The van der Waals surface area contributed by atoms with Crippen LogP contribution >= 0.6 is 0 Å². The van der Waals surface area contributed by atoms with Crippen molar-refractivity contribution in [2.24, 2.45) is 5.73 Å². The van der Waals surface area contributed by atoms with Gasteiger partial charge in [0.25, 0.3) is 0 Å². The molecule has 1 aromatic carbocycles. The van der Waals surface area contributed by atoms with Gasteiger partial charge >= 0.3 is 6.18 Å². The Kier molecular flexibility index (Phi) is 3.96. The zero-order valence-electron chi connectivity index (χ0n) is 14.1. The number of nitrogens with two attached hydrogens (primary N) is 1. The normalized spacial score (nSPS) is 24.7. The molecular weight excluding hydrogens is 343 g/mol. The number of hydrogen-bond donors (Lipinski definition) is 2. The lowest BCUT2D eigenvalue weighted by Crippen LogP contribution is -2.49. The molecule has 7 heteroatoms. The van der Waals surface area contributed by atoms with Crippen LogP contribution in [0.25, 0.3) is 0 Å². The molecule has 2 aromatic rings. The third-order valence-corrected chi connectivity index (χ3v) is 5.81. The molecule has 0 amide bonds. The number of fused-ring (bicyclic) bond motifs is 2. The van der Waals surface area contributed by atoms with Gasteiger partial charge in [-0.15, -0.1) is 0 Å². The van der Waals surface area contributed by atoms with Crippen molar-refractivity contribution in [3.8, 4) is 0 Å². The van der Waals surface area contributed by atoms with Crippen LogP contribution in [0.5, 0.6) is 0 Å². The van der Waals surface area contributed by atoms with Crippen LogP contribution in [0.15, 0.2) is 42.6 Å².